The predicted molar refractivity (Wildman–Crippen MR) is 106 cm³/mol. The van der Waals surface area contributed by atoms with Gasteiger partial charge in [0.05, 0.1) is 12.3 Å². The summed E-state index contributed by atoms with van der Waals surface area (Å²) >= 11 is 0. The summed E-state index contributed by atoms with van der Waals surface area (Å²) in [5.74, 6) is 0. The molecular weight excluding hydrogens is 294 g/mol. The molecule has 2 heteroatoms. The molecule has 0 bridgehead atoms. The first kappa shape index (κ1) is 20.5. The Bertz CT molecular complexity index is 439. The molecule has 0 aliphatic heterocycles. The average molecular weight is 330 g/mol. The van der Waals surface area contributed by atoms with Crippen molar-refractivity contribution in [3.05, 3.63) is 54.6 Å². The zero-order chi connectivity index (χ0) is 17.3. The van der Waals surface area contributed by atoms with Crippen LogP contribution in [0.15, 0.2) is 54.6 Å². The monoisotopic (exact) mass is 329 g/mol. The molecule has 2 nitrogen and oxygen atoms in total. The van der Waals surface area contributed by atoms with Gasteiger partial charge in [-0.15, -0.1) is 0 Å². The van der Waals surface area contributed by atoms with E-state index < -0.39 is 0 Å². The molecule has 0 amide bonds. The summed E-state index contributed by atoms with van der Waals surface area (Å²) in [6, 6.07) is 10.4. The number of benzene rings is 1. The summed E-state index contributed by atoms with van der Waals surface area (Å²) in [5.41, 5.74) is 1.14. The van der Waals surface area contributed by atoms with Gasteiger partial charge in [-0.2, -0.15) is 0 Å². The van der Waals surface area contributed by atoms with Gasteiger partial charge in [-0.25, -0.2) is 0 Å². The predicted octanol–water partition coefficient (Wildman–Crippen LogP) is 6.70. The van der Waals surface area contributed by atoms with E-state index in [1.807, 2.05) is 11.1 Å². The number of allylic oxidation sites excluding steroid dienone is 3. The summed E-state index contributed by atoms with van der Waals surface area (Å²) in [5, 5.41) is 2.04. The second kappa shape index (κ2) is 15.0. The Kier molecular flexibility index (Phi) is 12.8. The molecule has 1 rings (SSSR count). The quantitative estimate of drug-likeness (QED) is 0.214. The lowest BCUT2D eigenvalue weighted by atomic mass is 10.2. The maximum atomic E-state index is 6.03. The Morgan fingerprint density at radius 3 is 2.17 bits per heavy atom. The van der Waals surface area contributed by atoms with Crippen LogP contribution >= 0.6 is 0 Å². The van der Waals surface area contributed by atoms with E-state index in [-0.39, 0.29) is 0 Å². The normalized spacial score (nSPS) is 11.6. The molecule has 0 aromatic heterocycles. The lowest BCUT2D eigenvalue weighted by Crippen LogP contribution is -2.25. The van der Waals surface area contributed by atoms with E-state index in [2.05, 4.69) is 62.4 Å². The minimum atomic E-state index is 0.769. The molecule has 24 heavy (non-hydrogen) atoms. The van der Waals surface area contributed by atoms with Crippen molar-refractivity contribution >= 4 is 5.69 Å². The fourth-order valence-corrected chi connectivity index (χ4v) is 2.39. The van der Waals surface area contributed by atoms with Gasteiger partial charge in [0, 0.05) is 6.54 Å². The van der Waals surface area contributed by atoms with Gasteiger partial charge in [-0.3, -0.25) is 9.90 Å². The smallest absolute Gasteiger partial charge is 0.0751 e. The zero-order valence-electron chi connectivity index (χ0n) is 15.6. The van der Waals surface area contributed by atoms with Gasteiger partial charge in [-0.1, -0.05) is 75.6 Å². The summed E-state index contributed by atoms with van der Waals surface area (Å²) < 4.78 is 0. The van der Waals surface area contributed by atoms with Gasteiger partial charge in [0.25, 0.3) is 0 Å². The van der Waals surface area contributed by atoms with Crippen LogP contribution in [0.25, 0.3) is 0 Å². The number of para-hydroxylation sites is 1. The molecule has 0 radical (unpaired) electrons. The van der Waals surface area contributed by atoms with Gasteiger partial charge in [0.2, 0.25) is 0 Å². The molecule has 0 saturated heterocycles. The molecule has 0 spiro atoms. The van der Waals surface area contributed by atoms with Gasteiger partial charge >= 0.3 is 0 Å². The van der Waals surface area contributed by atoms with Crippen LogP contribution in [0.2, 0.25) is 0 Å². The van der Waals surface area contributed by atoms with Crippen molar-refractivity contribution in [3.8, 4) is 0 Å². The highest BCUT2D eigenvalue weighted by Gasteiger charge is 2.05. The van der Waals surface area contributed by atoms with Crippen LogP contribution < -0.4 is 5.06 Å². The second-order valence-corrected chi connectivity index (χ2v) is 6.08. The SMILES string of the molecule is CCCC=CCCCON(CCC=CCCCC)c1ccccc1. The first-order chi connectivity index (χ1) is 11.9. The molecule has 0 N–H and O–H groups in total. The number of anilines is 1. The number of nitrogens with zero attached hydrogens (tertiary/aromatic N) is 1. The summed E-state index contributed by atoms with van der Waals surface area (Å²) in [6.07, 6.45) is 18.4. The van der Waals surface area contributed by atoms with Gasteiger partial charge in [0.1, 0.15) is 0 Å². The van der Waals surface area contributed by atoms with Gasteiger partial charge < -0.3 is 0 Å². The fourth-order valence-electron chi connectivity index (χ4n) is 2.39. The van der Waals surface area contributed by atoms with Gasteiger partial charge in [0.15, 0.2) is 0 Å². The number of rotatable bonds is 14. The molecule has 0 fully saturated rings. The van der Waals surface area contributed by atoms with Crippen molar-refractivity contribution in [2.24, 2.45) is 0 Å². The minimum Gasteiger partial charge on any atom is -0.273 e. The van der Waals surface area contributed by atoms with Crippen molar-refractivity contribution in [3.63, 3.8) is 0 Å². The van der Waals surface area contributed by atoms with Crippen molar-refractivity contribution in [2.45, 2.75) is 65.2 Å². The molecule has 0 atom stereocenters. The molecule has 134 valence electrons. The Balaban J connectivity index is 2.35. The highest BCUT2D eigenvalue weighted by atomic mass is 16.7. The van der Waals surface area contributed by atoms with Gasteiger partial charge in [-0.05, 0) is 44.2 Å². The fraction of sp³-hybridized carbons (Fsp3) is 0.545. The summed E-state index contributed by atoms with van der Waals surface area (Å²) in [4.78, 5) is 6.03. The Morgan fingerprint density at radius 1 is 0.792 bits per heavy atom. The van der Waals surface area contributed by atoms with Crippen molar-refractivity contribution in [1.82, 2.24) is 0 Å². The zero-order valence-corrected chi connectivity index (χ0v) is 15.6. The molecule has 0 aliphatic rings. The van der Waals surface area contributed by atoms with E-state index in [1.54, 1.807) is 0 Å². The van der Waals surface area contributed by atoms with Crippen LogP contribution in [0.1, 0.15) is 65.2 Å². The van der Waals surface area contributed by atoms with Crippen LogP contribution in [0.5, 0.6) is 0 Å². The Labute approximate surface area is 149 Å². The summed E-state index contributed by atoms with van der Waals surface area (Å²) in [7, 11) is 0. The molecular formula is C22H35NO. The van der Waals surface area contributed by atoms with E-state index >= 15 is 0 Å². The molecule has 1 aromatic rings. The first-order valence-corrected chi connectivity index (χ1v) is 9.64. The van der Waals surface area contributed by atoms with Crippen molar-refractivity contribution in [1.29, 1.82) is 0 Å². The molecule has 0 saturated carbocycles. The average Bonchev–Trinajstić information content (AvgIpc) is 2.62. The highest BCUT2D eigenvalue weighted by molar-refractivity contribution is 5.43. The van der Waals surface area contributed by atoms with E-state index in [0.717, 1.165) is 38.1 Å². The topological polar surface area (TPSA) is 12.5 Å². The number of hydrogen-bond acceptors (Lipinski definition) is 2. The molecule has 1 aromatic carbocycles. The van der Waals surface area contributed by atoms with E-state index in [1.165, 1.54) is 32.1 Å². The Hall–Kier alpha value is -1.54. The minimum absolute atomic E-state index is 0.769. The third-order valence-electron chi connectivity index (χ3n) is 3.82. The molecule has 0 heterocycles. The largest absolute Gasteiger partial charge is 0.273 e. The van der Waals surface area contributed by atoms with Crippen LogP contribution in [-0.2, 0) is 4.84 Å². The second-order valence-electron chi connectivity index (χ2n) is 6.08. The highest BCUT2D eigenvalue weighted by Crippen LogP contribution is 2.15. The third-order valence-corrected chi connectivity index (χ3v) is 3.82. The lowest BCUT2D eigenvalue weighted by Gasteiger charge is -2.23. The molecule has 0 unspecified atom stereocenters. The van der Waals surface area contributed by atoms with Crippen molar-refractivity contribution < 1.29 is 4.84 Å². The van der Waals surface area contributed by atoms with E-state index in [9.17, 15) is 0 Å². The van der Waals surface area contributed by atoms with Crippen LogP contribution in [0.4, 0.5) is 5.69 Å². The maximum Gasteiger partial charge on any atom is 0.0751 e. The Morgan fingerprint density at radius 2 is 1.46 bits per heavy atom. The summed E-state index contributed by atoms with van der Waals surface area (Å²) in [6.45, 7) is 6.11. The van der Waals surface area contributed by atoms with E-state index in [0.29, 0.717) is 0 Å². The van der Waals surface area contributed by atoms with Crippen LogP contribution in [0, 0.1) is 0 Å². The standard InChI is InChI=1S/C22H35NO/c1-3-5-7-9-11-16-20-23(22-18-14-13-15-19-22)24-21-17-12-10-8-6-4-2/h8-11,13-15,18-19H,3-7,12,16-17,20-21H2,1-2H3. The molecule has 0 aliphatic carbocycles. The first-order valence-electron chi connectivity index (χ1n) is 9.64. The number of hydroxylamine groups is 1. The maximum absolute atomic E-state index is 6.03. The third kappa shape index (κ3) is 10.3. The lowest BCUT2D eigenvalue weighted by molar-refractivity contribution is 0.107. The number of hydrogen-bond donors (Lipinski definition) is 0. The van der Waals surface area contributed by atoms with Crippen LogP contribution in [0.3, 0.4) is 0 Å². The van der Waals surface area contributed by atoms with Crippen LogP contribution in [-0.4, -0.2) is 13.2 Å². The van der Waals surface area contributed by atoms with Crippen molar-refractivity contribution in [2.75, 3.05) is 18.2 Å². The van der Waals surface area contributed by atoms with E-state index in [4.69, 9.17) is 4.84 Å². The number of unbranched alkanes of at least 4 members (excludes halogenated alkanes) is 4.